The van der Waals surface area contributed by atoms with Crippen LogP contribution < -0.4 is 20.1 Å². The summed E-state index contributed by atoms with van der Waals surface area (Å²) in [4.78, 5) is 9.12. The van der Waals surface area contributed by atoms with Crippen molar-refractivity contribution in [3.63, 3.8) is 0 Å². The van der Waals surface area contributed by atoms with Crippen LogP contribution in [0.15, 0.2) is 34.6 Å². The van der Waals surface area contributed by atoms with Crippen LogP contribution in [-0.2, 0) is 6.42 Å². The molecule has 148 valence electrons. The fourth-order valence-electron chi connectivity index (χ4n) is 2.47. The number of nitrogens with one attached hydrogen (secondary N) is 2. The average molecular weight is 391 g/mol. The minimum absolute atomic E-state index is 0.0362. The van der Waals surface area contributed by atoms with Gasteiger partial charge in [-0.05, 0) is 39.3 Å². The highest BCUT2D eigenvalue weighted by Crippen LogP contribution is 2.19. The highest BCUT2D eigenvalue weighted by atomic mass is 32.1. The number of thiazole rings is 1. The number of aryl methyl sites for hydroxylation is 2. The van der Waals surface area contributed by atoms with Gasteiger partial charge in [0.05, 0.1) is 18.7 Å². The van der Waals surface area contributed by atoms with Crippen LogP contribution in [0.3, 0.4) is 0 Å². The van der Waals surface area contributed by atoms with E-state index < -0.39 is 0 Å². The number of benzene rings is 1. The Bertz CT molecular complexity index is 718. The first kappa shape index (κ1) is 21.0. The van der Waals surface area contributed by atoms with Crippen molar-refractivity contribution in [2.75, 3.05) is 26.7 Å². The van der Waals surface area contributed by atoms with Gasteiger partial charge in [-0.2, -0.15) is 0 Å². The summed E-state index contributed by atoms with van der Waals surface area (Å²) in [5, 5.41) is 9.94. The van der Waals surface area contributed by atoms with Crippen LogP contribution >= 0.6 is 11.3 Å². The van der Waals surface area contributed by atoms with Gasteiger partial charge in [0.2, 0.25) is 0 Å². The summed E-state index contributed by atoms with van der Waals surface area (Å²) in [6.07, 6.45) is 1.97. The molecule has 1 heterocycles. The Morgan fingerprint density at radius 3 is 2.81 bits per heavy atom. The lowest BCUT2D eigenvalue weighted by Crippen LogP contribution is -2.38. The monoisotopic (exact) mass is 390 g/mol. The van der Waals surface area contributed by atoms with Crippen molar-refractivity contribution in [3.05, 3.63) is 40.3 Å². The molecule has 1 aromatic heterocycles. The van der Waals surface area contributed by atoms with Gasteiger partial charge in [-0.25, -0.2) is 9.98 Å². The van der Waals surface area contributed by atoms with Gasteiger partial charge in [-0.3, -0.25) is 0 Å². The zero-order valence-corrected chi connectivity index (χ0v) is 17.4. The summed E-state index contributed by atoms with van der Waals surface area (Å²) in [5.74, 6) is 2.39. The zero-order valence-electron chi connectivity index (χ0n) is 16.6. The van der Waals surface area contributed by atoms with Crippen LogP contribution in [0.5, 0.6) is 11.5 Å². The minimum atomic E-state index is -0.0362. The van der Waals surface area contributed by atoms with Crippen molar-refractivity contribution < 1.29 is 9.47 Å². The molecule has 7 heteroatoms. The molecule has 6 nitrogen and oxygen atoms in total. The number of ether oxygens (including phenoxy) is 2. The molecule has 0 spiro atoms. The van der Waals surface area contributed by atoms with E-state index in [4.69, 9.17) is 9.47 Å². The second kappa shape index (κ2) is 11.4. The molecule has 1 aromatic carbocycles. The first-order chi connectivity index (χ1) is 13.1. The van der Waals surface area contributed by atoms with Crippen molar-refractivity contribution in [3.8, 4) is 11.5 Å². The summed E-state index contributed by atoms with van der Waals surface area (Å²) < 4.78 is 11.1. The third-order valence-electron chi connectivity index (χ3n) is 3.76. The zero-order chi connectivity index (χ0) is 19.5. The van der Waals surface area contributed by atoms with Gasteiger partial charge in [0.25, 0.3) is 0 Å². The Morgan fingerprint density at radius 1 is 1.30 bits per heavy atom. The number of rotatable bonds is 10. The molecule has 0 saturated heterocycles. The molecule has 0 amide bonds. The molecule has 0 aliphatic heterocycles. The molecule has 0 aliphatic rings. The molecule has 2 aromatic rings. The lowest BCUT2D eigenvalue weighted by molar-refractivity contribution is 0.229. The quantitative estimate of drug-likeness (QED) is 0.370. The molecule has 0 saturated carbocycles. The maximum atomic E-state index is 5.92. The molecule has 1 atom stereocenters. The van der Waals surface area contributed by atoms with Crippen LogP contribution in [0.4, 0.5) is 0 Å². The Kier molecular flexibility index (Phi) is 8.91. The normalized spacial score (nSPS) is 12.5. The second-order valence-electron chi connectivity index (χ2n) is 6.24. The molecule has 1 unspecified atom stereocenters. The highest BCUT2D eigenvalue weighted by molar-refractivity contribution is 7.09. The molecule has 2 rings (SSSR count). The maximum absolute atomic E-state index is 5.92. The lowest BCUT2D eigenvalue weighted by Gasteiger charge is -2.15. The lowest BCUT2D eigenvalue weighted by atomic mass is 10.3. The highest BCUT2D eigenvalue weighted by Gasteiger charge is 2.06. The van der Waals surface area contributed by atoms with E-state index >= 15 is 0 Å². The summed E-state index contributed by atoms with van der Waals surface area (Å²) in [6.45, 7) is 8.35. The van der Waals surface area contributed by atoms with Crippen molar-refractivity contribution >= 4 is 17.3 Å². The number of nitrogens with zero attached hydrogens (tertiary/aromatic N) is 2. The Balaban J connectivity index is 1.77. The Labute approximate surface area is 166 Å². The molecular weight excluding hydrogens is 360 g/mol. The predicted molar refractivity (Wildman–Crippen MR) is 112 cm³/mol. The summed E-state index contributed by atoms with van der Waals surface area (Å²) in [5.41, 5.74) is 1.10. The van der Waals surface area contributed by atoms with Crippen LogP contribution in [0.1, 0.15) is 31.0 Å². The van der Waals surface area contributed by atoms with Crippen molar-refractivity contribution in [1.29, 1.82) is 0 Å². The molecule has 0 aliphatic carbocycles. The predicted octanol–water partition coefficient (Wildman–Crippen LogP) is 3.42. The number of aliphatic imine (C=N–C) groups is 1. The van der Waals surface area contributed by atoms with Crippen molar-refractivity contribution in [2.24, 2.45) is 4.99 Å². The van der Waals surface area contributed by atoms with Crippen LogP contribution in [0, 0.1) is 6.92 Å². The van der Waals surface area contributed by atoms with Gasteiger partial charge in [-0.1, -0.05) is 6.07 Å². The first-order valence-corrected chi connectivity index (χ1v) is 10.2. The van der Waals surface area contributed by atoms with Gasteiger partial charge in [0, 0.05) is 36.7 Å². The largest absolute Gasteiger partial charge is 0.497 e. The summed E-state index contributed by atoms with van der Waals surface area (Å²) in [6, 6.07) is 7.62. The fourth-order valence-corrected chi connectivity index (χ4v) is 3.29. The molecule has 0 radical (unpaired) electrons. The summed E-state index contributed by atoms with van der Waals surface area (Å²) in [7, 11) is 1.65. The number of hydrogen-bond donors (Lipinski definition) is 2. The third kappa shape index (κ3) is 7.86. The molecular formula is C20H30N4O2S. The first-order valence-electron chi connectivity index (χ1n) is 9.34. The SMILES string of the molecule is CCNC(=NCC(C)Oc1cccc(OC)c1)NCCCc1nc(C)cs1. The van der Waals surface area contributed by atoms with Crippen LogP contribution in [-0.4, -0.2) is 43.8 Å². The van der Waals surface area contributed by atoms with E-state index in [0.29, 0.717) is 6.54 Å². The van der Waals surface area contributed by atoms with Gasteiger partial charge < -0.3 is 20.1 Å². The van der Waals surface area contributed by atoms with E-state index in [-0.39, 0.29) is 6.10 Å². The van der Waals surface area contributed by atoms with E-state index in [9.17, 15) is 0 Å². The number of guanidine groups is 1. The van der Waals surface area contributed by atoms with E-state index in [1.54, 1.807) is 18.4 Å². The van der Waals surface area contributed by atoms with Gasteiger partial charge in [0.1, 0.15) is 17.6 Å². The standard InChI is InChI=1S/C20H30N4O2S/c1-5-21-20(22-11-7-10-19-24-15(2)14-27-19)23-13-16(3)26-18-9-6-8-17(12-18)25-4/h6,8-9,12,14,16H,5,7,10-11,13H2,1-4H3,(H2,21,22,23). The van der Waals surface area contributed by atoms with Crippen molar-refractivity contribution in [2.45, 2.75) is 39.7 Å². The average Bonchev–Trinajstić information content (AvgIpc) is 3.08. The van der Waals surface area contributed by atoms with E-state index in [2.05, 4.69) is 32.9 Å². The Hall–Kier alpha value is -2.28. The minimum Gasteiger partial charge on any atom is -0.497 e. The molecule has 0 fully saturated rings. The van der Waals surface area contributed by atoms with Gasteiger partial charge in [-0.15, -0.1) is 11.3 Å². The molecule has 2 N–H and O–H groups in total. The van der Waals surface area contributed by atoms with Crippen molar-refractivity contribution in [1.82, 2.24) is 15.6 Å². The topological polar surface area (TPSA) is 67.8 Å². The Morgan fingerprint density at radius 2 is 2.11 bits per heavy atom. The molecule has 0 bridgehead atoms. The molecule has 27 heavy (non-hydrogen) atoms. The number of aromatic nitrogens is 1. The van der Waals surface area contributed by atoms with Crippen LogP contribution in [0.2, 0.25) is 0 Å². The van der Waals surface area contributed by atoms with Crippen LogP contribution in [0.25, 0.3) is 0 Å². The number of methoxy groups -OCH3 is 1. The van der Waals surface area contributed by atoms with E-state index in [0.717, 1.165) is 49.1 Å². The maximum Gasteiger partial charge on any atom is 0.191 e. The van der Waals surface area contributed by atoms with Gasteiger partial charge >= 0.3 is 0 Å². The second-order valence-corrected chi connectivity index (χ2v) is 7.18. The fraction of sp³-hybridized carbons (Fsp3) is 0.500. The smallest absolute Gasteiger partial charge is 0.191 e. The van der Waals surface area contributed by atoms with E-state index in [1.165, 1.54) is 5.01 Å². The third-order valence-corrected chi connectivity index (χ3v) is 4.78. The van der Waals surface area contributed by atoms with E-state index in [1.807, 2.05) is 38.1 Å². The van der Waals surface area contributed by atoms with Gasteiger partial charge in [0.15, 0.2) is 5.96 Å². The number of hydrogen-bond acceptors (Lipinski definition) is 5. The summed E-state index contributed by atoms with van der Waals surface area (Å²) >= 11 is 1.73.